The van der Waals surface area contributed by atoms with Gasteiger partial charge in [-0.15, -0.1) is 11.3 Å². The second kappa shape index (κ2) is 9.01. The van der Waals surface area contributed by atoms with Crippen LogP contribution in [-0.4, -0.2) is 31.6 Å². The Morgan fingerprint density at radius 2 is 2.11 bits per heavy atom. The van der Waals surface area contributed by atoms with E-state index < -0.39 is 23.7 Å². The molecule has 6 nitrogen and oxygen atoms in total. The Morgan fingerprint density at radius 1 is 1.29 bits per heavy atom. The fourth-order valence-electron chi connectivity index (χ4n) is 3.32. The Kier molecular flexibility index (Phi) is 6.45. The van der Waals surface area contributed by atoms with Gasteiger partial charge in [-0.2, -0.15) is 0 Å². The summed E-state index contributed by atoms with van der Waals surface area (Å²) in [6.07, 6.45) is 0.941. The van der Waals surface area contributed by atoms with Crippen LogP contribution in [0, 0.1) is 17.6 Å². The molecule has 2 atom stereocenters. The number of nitrogens with two attached hydrogens (primary N) is 1. The van der Waals surface area contributed by atoms with Crippen LogP contribution in [0.3, 0.4) is 0 Å². The first kappa shape index (κ1) is 20.1. The smallest absolute Gasteiger partial charge is 0.312 e. The number of hydrogen-bond donors (Lipinski definition) is 3. The van der Waals surface area contributed by atoms with Crippen molar-refractivity contribution in [1.29, 1.82) is 0 Å². The van der Waals surface area contributed by atoms with Crippen LogP contribution < -0.4 is 21.3 Å². The maximum atomic E-state index is 13.4. The third kappa shape index (κ3) is 5.19. The number of primary amides is 1. The van der Waals surface area contributed by atoms with E-state index in [1.54, 1.807) is 6.07 Å². The summed E-state index contributed by atoms with van der Waals surface area (Å²) < 4.78 is 26.5. The lowest BCUT2D eigenvalue weighted by Gasteiger charge is -2.19. The number of urea groups is 1. The standard InChI is InChI=1S/C19H22F2N4O2S/c20-14-4-3-13(8-15(14)21)25-6-5-12(11-25)10-23-18(26)9-16(24-19(22)27)17-2-1-7-28-17/h1-4,7-8,12,16H,5-6,9-11H2,(H,23,26)(H3,22,24,27). The second-order valence-corrected chi connectivity index (χ2v) is 7.76. The molecule has 0 bridgehead atoms. The average Bonchev–Trinajstić information content (AvgIpc) is 3.33. The number of halogens is 2. The van der Waals surface area contributed by atoms with Crippen LogP contribution >= 0.6 is 11.3 Å². The Hall–Kier alpha value is -2.68. The number of carbonyl (C=O) groups is 2. The molecule has 1 aromatic heterocycles. The first-order valence-electron chi connectivity index (χ1n) is 8.98. The summed E-state index contributed by atoms with van der Waals surface area (Å²) in [4.78, 5) is 26.3. The molecule has 0 saturated carbocycles. The van der Waals surface area contributed by atoms with E-state index in [1.165, 1.54) is 17.4 Å². The molecule has 0 aliphatic carbocycles. The van der Waals surface area contributed by atoms with Gasteiger partial charge in [-0.3, -0.25) is 4.79 Å². The van der Waals surface area contributed by atoms with Crippen molar-refractivity contribution >= 4 is 29.0 Å². The summed E-state index contributed by atoms with van der Waals surface area (Å²) in [6.45, 7) is 1.85. The maximum Gasteiger partial charge on any atom is 0.312 e. The SMILES string of the molecule is NC(=O)NC(CC(=O)NCC1CCN(c2ccc(F)c(F)c2)C1)c1cccs1. The molecule has 1 aromatic carbocycles. The molecule has 2 aromatic rings. The predicted octanol–water partition coefficient (Wildman–Crippen LogP) is 2.77. The van der Waals surface area contributed by atoms with E-state index in [9.17, 15) is 18.4 Å². The van der Waals surface area contributed by atoms with Gasteiger partial charge in [0, 0.05) is 36.3 Å². The molecule has 1 aliphatic rings. The number of nitrogens with zero attached hydrogens (tertiary/aromatic N) is 1. The minimum Gasteiger partial charge on any atom is -0.371 e. The topological polar surface area (TPSA) is 87.5 Å². The molecular weight excluding hydrogens is 386 g/mol. The third-order valence-corrected chi connectivity index (χ3v) is 5.72. The lowest BCUT2D eigenvalue weighted by atomic mass is 10.1. The normalized spacial score (nSPS) is 17.4. The number of carbonyl (C=O) groups excluding carboxylic acids is 2. The molecule has 0 radical (unpaired) electrons. The van der Waals surface area contributed by atoms with Gasteiger partial charge < -0.3 is 21.3 Å². The van der Waals surface area contributed by atoms with Gasteiger partial charge in [0.05, 0.1) is 12.5 Å². The Morgan fingerprint density at radius 3 is 2.79 bits per heavy atom. The predicted molar refractivity (Wildman–Crippen MR) is 104 cm³/mol. The van der Waals surface area contributed by atoms with Crippen LogP contribution in [0.2, 0.25) is 0 Å². The van der Waals surface area contributed by atoms with Gasteiger partial charge in [0.2, 0.25) is 5.91 Å². The van der Waals surface area contributed by atoms with E-state index in [2.05, 4.69) is 10.6 Å². The van der Waals surface area contributed by atoms with Crippen molar-refractivity contribution < 1.29 is 18.4 Å². The molecule has 1 aliphatic heterocycles. The highest BCUT2D eigenvalue weighted by molar-refractivity contribution is 7.10. The molecule has 4 N–H and O–H groups in total. The maximum absolute atomic E-state index is 13.4. The number of hydrogen-bond acceptors (Lipinski definition) is 4. The second-order valence-electron chi connectivity index (χ2n) is 6.78. The van der Waals surface area contributed by atoms with Gasteiger partial charge in [0.15, 0.2) is 11.6 Å². The summed E-state index contributed by atoms with van der Waals surface area (Å²) in [7, 11) is 0. The van der Waals surface area contributed by atoms with Crippen molar-refractivity contribution in [3.63, 3.8) is 0 Å². The number of nitrogens with one attached hydrogen (secondary N) is 2. The van der Waals surface area contributed by atoms with Crippen LogP contribution in [0.5, 0.6) is 0 Å². The largest absolute Gasteiger partial charge is 0.371 e. The highest BCUT2D eigenvalue weighted by Crippen LogP contribution is 2.25. The summed E-state index contributed by atoms with van der Waals surface area (Å²) in [5.74, 6) is -1.70. The van der Waals surface area contributed by atoms with Crippen LogP contribution in [0.1, 0.15) is 23.8 Å². The fraction of sp³-hybridized carbons (Fsp3) is 0.368. The number of rotatable bonds is 7. The van der Waals surface area contributed by atoms with Gasteiger partial charge in [-0.1, -0.05) is 6.07 Å². The number of anilines is 1. The van der Waals surface area contributed by atoms with Crippen LogP contribution in [0.15, 0.2) is 35.7 Å². The molecule has 150 valence electrons. The molecular formula is C19H22F2N4O2S. The summed E-state index contributed by atoms with van der Waals surface area (Å²) in [6, 6.07) is 6.42. The van der Waals surface area contributed by atoms with Gasteiger partial charge in [-0.25, -0.2) is 13.6 Å². The lowest BCUT2D eigenvalue weighted by molar-refractivity contribution is -0.121. The van der Waals surface area contributed by atoms with Gasteiger partial charge in [0.1, 0.15) is 0 Å². The molecule has 2 heterocycles. The van der Waals surface area contributed by atoms with Crippen molar-refractivity contribution in [2.45, 2.75) is 18.9 Å². The summed E-state index contributed by atoms with van der Waals surface area (Å²) in [5.41, 5.74) is 5.84. The number of benzene rings is 1. The van der Waals surface area contributed by atoms with Crippen LogP contribution in [0.4, 0.5) is 19.3 Å². The average molecular weight is 408 g/mol. The van der Waals surface area contributed by atoms with Crippen molar-refractivity contribution in [1.82, 2.24) is 10.6 Å². The van der Waals surface area contributed by atoms with Crippen molar-refractivity contribution in [3.05, 3.63) is 52.2 Å². The highest BCUT2D eigenvalue weighted by Gasteiger charge is 2.25. The zero-order valence-corrected chi connectivity index (χ0v) is 16.0. The minimum absolute atomic E-state index is 0.100. The number of thiophene rings is 1. The fourth-order valence-corrected chi connectivity index (χ4v) is 4.09. The Bertz CT molecular complexity index is 831. The molecule has 9 heteroatoms. The summed E-state index contributed by atoms with van der Waals surface area (Å²) in [5, 5.41) is 7.36. The van der Waals surface area contributed by atoms with E-state index in [0.29, 0.717) is 25.3 Å². The van der Waals surface area contributed by atoms with Crippen molar-refractivity contribution in [2.75, 3.05) is 24.5 Å². The third-order valence-electron chi connectivity index (χ3n) is 4.73. The molecule has 2 unspecified atom stereocenters. The van der Waals surface area contributed by atoms with Crippen LogP contribution in [0.25, 0.3) is 0 Å². The highest BCUT2D eigenvalue weighted by atomic mass is 32.1. The first-order chi connectivity index (χ1) is 13.4. The van der Waals surface area contributed by atoms with Crippen LogP contribution in [-0.2, 0) is 4.79 Å². The molecule has 28 heavy (non-hydrogen) atoms. The molecule has 3 amide bonds. The Balaban J connectivity index is 1.49. The summed E-state index contributed by atoms with van der Waals surface area (Å²) >= 11 is 1.44. The van der Waals surface area contributed by atoms with E-state index in [4.69, 9.17) is 5.73 Å². The van der Waals surface area contributed by atoms with Gasteiger partial charge in [-0.05, 0) is 35.9 Å². The molecule has 1 fully saturated rings. The molecule has 3 rings (SSSR count). The van der Waals surface area contributed by atoms with Gasteiger partial charge >= 0.3 is 6.03 Å². The Labute approximate surface area is 165 Å². The zero-order valence-electron chi connectivity index (χ0n) is 15.2. The van der Waals surface area contributed by atoms with Crippen molar-refractivity contribution in [3.8, 4) is 0 Å². The van der Waals surface area contributed by atoms with E-state index >= 15 is 0 Å². The first-order valence-corrected chi connectivity index (χ1v) is 9.86. The zero-order chi connectivity index (χ0) is 20.1. The quantitative estimate of drug-likeness (QED) is 0.658. The minimum atomic E-state index is -0.865. The monoisotopic (exact) mass is 408 g/mol. The van der Waals surface area contributed by atoms with E-state index in [-0.39, 0.29) is 18.2 Å². The van der Waals surface area contributed by atoms with E-state index in [0.717, 1.165) is 17.4 Å². The molecule has 0 spiro atoms. The van der Waals surface area contributed by atoms with Crippen molar-refractivity contribution in [2.24, 2.45) is 11.7 Å². The lowest BCUT2D eigenvalue weighted by Crippen LogP contribution is -2.37. The van der Waals surface area contributed by atoms with E-state index in [1.807, 2.05) is 22.4 Å². The van der Waals surface area contributed by atoms with Gasteiger partial charge in [0.25, 0.3) is 0 Å². The number of amides is 3. The molecule has 1 saturated heterocycles.